The molecule has 0 radical (unpaired) electrons. The molecule has 2 N–H and O–H groups in total. The summed E-state index contributed by atoms with van der Waals surface area (Å²) < 4.78 is 39.6. The number of anilines is 2. The standard InChI is InChI=1S/C13H9ClF3N3O/c1-18-11-3-6(2-10(14)20-11)13(21)19-9-5-7(15)4-8(16)12(9)17/h2-5H,1H3,(H,18,20)(H,19,21). The highest BCUT2D eigenvalue weighted by atomic mass is 35.5. The first kappa shape index (κ1) is 15.1. The van der Waals surface area contributed by atoms with Crippen LogP contribution in [0.15, 0.2) is 24.3 Å². The van der Waals surface area contributed by atoms with E-state index in [-0.39, 0.29) is 10.7 Å². The number of pyridine rings is 1. The maximum Gasteiger partial charge on any atom is 0.255 e. The van der Waals surface area contributed by atoms with Crippen molar-refractivity contribution in [3.63, 3.8) is 0 Å². The summed E-state index contributed by atoms with van der Waals surface area (Å²) in [4.78, 5) is 15.8. The van der Waals surface area contributed by atoms with Crippen molar-refractivity contribution in [2.45, 2.75) is 0 Å². The van der Waals surface area contributed by atoms with Gasteiger partial charge < -0.3 is 10.6 Å². The van der Waals surface area contributed by atoms with E-state index in [4.69, 9.17) is 11.6 Å². The molecular formula is C13H9ClF3N3O. The molecule has 0 spiro atoms. The van der Waals surface area contributed by atoms with Crippen LogP contribution in [-0.2, 0) is 0 Å². The zero-order chi connectivity index (χ0) is 15.6. The second-order valence-electron chi connectivity index (χ2n) is 4.02. The second kappa shape index (κ2) is 6.01. The molecule has 1 aromatic heterocycles. The lowest BCUT2D eigenvalue weighted by molar-refractivity contribution is 0.102. The summed E-state index contributed by atoms with van der Waals surface area (Å²) in [5.41, 5.74) is -0.542. The van der Waals surface area contributed by atoms with Crippen molar-refractivity contribution in [1.82, 2.24) is 4.98 Å². The molecule has 110 valence electrons. The molecule has 0 fully saturated rings. The fourth-order valence-corrected chi connectivity index (χ4v) is 1.81. The van der Waals surface area contributed by atoms with Gasteiger partial charge in [-0.3, -0.25) is 4.79 Å². The molecular weight excluding hydrogens is 307 g/mol. The summed E-state index contributed by atoms with van der Waals surface area (Å²) in [6.45, 7) is 0. The lowest BCUT2D eigenvalue weighted by Gasteiger charge is -2.09. The summed E-state index contributed by atoms with van der Waals surface area (Å²) in [6, 6.07) is 3.66. The Kier molecular flexibility index (Phi) is 4.32. The van der Waals surface area contributed by atoms with Gasteiger partial charge in [-0.25, -0.2) is 18.2 Å². The highest BCUT2D eigenvalue weighted by molar-refractivity contribution is 6.30. The fraction of sp³-hybridized carbons (Fsp3) is 0.0769. The van der Waals surface area contributed by atoms with Gasteiger partial charge >= 0.3 is 0 Å². The van der Waals surface area contributed by atoms with Crippen molar-refractivity contribution >= 4 is 29.0 Å². The van der Waals surface area contributed by atoms with E-state index in [2.05, 4.69) is 15.6 Å². The van der Waals surface area contributed by atoms with Gasteiger partial charge in [-0.2, -0.15) is 0 Å². The highest BCUT2D eigenvalue weighted by Crippen LogP contribution is 2.21. The van der Waals surface area contributed by atoms with Crippen LogP contribution < -0.4 is 10.6 Å². The topological polar surface area (TPSA) is 54.0 Å². The van der Waals surface area contributed by atoms with Gasteiger partial charge in [0.25, 0.3) is 5.91 Å². The Balaban J connectivity index is 2.32. The molecule has 0 saturated carbocycles. The first-order chi connectivity index (χ1) is 9.90. The monoisotopic (exact) mass is 315 g/mol. The van der Waals surface area contributed by atoms with Crippen molar-refractivity contribution in [3.8, 4) is 0 Å². The molecule has 2 aromatic rings. The Labute approximate surface area is 122 Å². The van der Waals surface area contributed by atoms with E-state index in [9.17, 15) is 18.0 Å². The van der Waals surface area contributed by atoms with Gasteiger partial charge in [0.2, 0.25) is 0 Å². The maximum atomic E-state index is 13.5. The molecule has 0 aliphatic carbocycles. The van der Waals surface area contributed by atoms with E-state index in [1.807, 2.05) is 0 Å². The number of hydrogen-bond acceptors (Lipinski definition) is 3. The van der Waals surface area contributed by atoms with Gasteiger partial charge in [0.15, 0.2) is 11.6 Å². The molecule has 0 bridgehead atoms. The molecule has 4 nitrogen and oxygen atoms in total. The first-order valence-corrected chi connectivity index (χ1v) is 6.09. The zero-order valence-electron chi connectivity index (χ0n) is 10.7. The molecule has 2 rings (SSSR count). The normalized spacial score (nSPS) is 10.3. The summed E-state index contributed by atoms with van der Waals surface area (Å²) in [7, 11) is 1.57. The fourth-order valence-electron chi connectivity index (χ4n) is 1.60. The van der Waals surface area contributed by atoms with Crippen LogP contribution in [-0.4, -0.2) is 17.9 Å². The largest absolute Gasteiger partial charge is 0.373 e. The maximum absolute atomic E-state index is 13.5. The Morgan fingerprint density at radius 2 is 1.90 bits per heavy atom. The minimum Gasteiger partial charge on any atom is -0.373 e. The smallest absolute Gasteiger partial charge is 0.255 e. The molecule has 0 saturated heterocycles. The number of nitrogens with one attached hydrogen (secondary N) is 2. The summed E-state index contributed by atoms with van der Waals surface area (Å²) in [5.74, 6) is -4.21. The summed E-state index contributed by atoms with van der Waals surface area (Å²) in [6.07, 6.45) is 0. The average molecular weight is 316 g/mol. The number of halogens is 4. The van der Waals surface area contributed by atoms with E-state index < -0.39 is 29.0 Å². The predicted octanol–water partition coefficient (Wildman–Crippen LogP) is 3.45. The quantitative estimate of drug-likeness (QED) is 0.674. The van der Waals surface area contributed by atoms with Gasteiger partial charge in [0, 0.05) is 24.7 Å². The Morgan fingerprint density at radius 3 is 2.57 bits per heavy atom. The van der Waals surface area contributed by atoms with Crippen LogP contribution in [0.5, 0.6) is 0 Å². The van der Waals surface area contributed by atoms with Crippen LogP contribution in [0.1, 0.15) is 10.4 Å². The minimum atomic E-state index is -1.39. The Bertz CT molecular complexity index is 709. The van der Waals surface area contributed by atoms with Crippen LogP contribution in [0, 0.1) is 17.5 Å². The third-order valence-electron chi connectivity index (χ3n) is 2.55. The lowest BCUT2D eigenvalue weighted by atomic mass is 10.2. The first-order valence-electron chi connectivity index (χ1n) is 5.72. The molecule has 8 heteroatoms. The third kappa shape index (κ3) is 3.43. The van der Waals surface area contributed by atoms with E-state index in [0.29, 0.717) is 18.0 Å². The van der Waals surface area contributed by atoms with Crippen LogP contribution in [0.3, 0.4) is 0 Å². The highest BCUT2D eigenvalue weighted by Gasteiger charge is 2.15. The number of aromatic nitrogens is 1. The van der Waals surface area contributed by atoms with Crippen molar-refractivity contribution in [2.24, 2.45) is 0 Å². The van der Waals surface area contributed by atoms with Crippen LogP contribution >= 0.6 is 11.6 Å². The predicted molar refractivity (Wildman–Crippen MR) is 73.1 cm³/mol. The number of nitrogens with zero attached hydrogens (tertiary/aromatic N) is 1. The van der Waals surface area contributed by atoms with Crippen LogP contribution in [0.2, 0.25) is 5.15 Å². The molecule has 21 heavy (non-hydrogen) atoms. The molecule has 0 aliphatic rings. The van der Waals surface area contributed by atoms with E-state index >= 15 is 0 Å². The van der Waals surface area contributed by atoms with E-state index in [0.717, 1.165) is 0 Å². The Morgan fingerprint density at radius 1 is 1.19 bits per heavy atom. The lowest BCUT2D eigenvalue weighted by Crippen LogP contribution is -2.14. The molecule has 1 amide bonds. The average Bonchev–Trinajstić information content (AvgIpc) is 2.43. The Hall–Kier alpha value is -2.28. The number of benzene rings is 1. The van der Waals surface area contributed by atoms with Crippen molar-refractivity contribution in [2.75, 3.05) is 17.7 Å². The van der Waals surface area contributed by atoms with Crippen molar-refractivity contribution in [1.29, 1.82) is 0 Å². The number of hydrogen-bond donors (Lipinski definition) is 2. The SMILES string of the molecule is CNc1cc(C(=O)Nc2cc(F)cc(F)c2F)cc(Cl)n1. The molecule has 0 atom stereocenters. The van der Waals surface area contributed by atoms with Gasteiger partial charge in [0.05, 0.1) is 5.69 Å². The molecule has 0 aliphatic heterocycles. The number of carbonyl (C=O) groups excluding carboxylic acids is 1. The van der Waals surface area contributed by atoms with Crippen LogP contribution in [0.25, 0.3) is 0 Å². The van der Waals surface area contributed by atoms with Crippen LogP contribution in [0.4, 0.5) is 24.7 Å². The van der Waals surface area contributed by atoms with E-state index in [1.54, 1.807) is 7.05 Å². The number of rotatable bonds is 3. The number of carbonyl (C=O) groups is 1. The summed E-state index contributed by atoms with van der Waals surface area (Å²) >= 11 is 5.73. The third-order valence-corrected chi connectivity index (χ3v) is 2.75. The zero-order valence-corrected chi connectivity index (χ0v) is 11.4. The van der Waals surface area contributed by atoms with Gasteiger partial charge in [-0.05, 0) is 12.1 Å². The van der Waals surface area contributed by atoms with Crippen molar-refractivity contribution in [3.05, 3.63) is 52.4 Å². The van der Waals surface area contributed by atoms with Gasteiger partial charge in [-0.15, -0.1) is 0 Å². The second-order valence-corrected chi connectivity index (χ2v) is 4.40. The van der Waals surface area contributed by atoms with Crippen molar-refractivity contribution < 1.29 is 18.0 Å². The summed E-state index contributed by atoms with van der Waals surface area (Å²) in [5, 5.41) is 4.81. The minimum absolute atomic E-state index is 0.0397. The van der Waals surface area contributed by atoms with Gasteiger partial charge in [0.1, 0.15) is 16.8 Å². The molecule has 1 heterocycles. The molecule has 0 unspecified atom stereocenters. The number of amides is 1. The van der Waals surface area contributed by atoms with E-state index in [1.165, 1.54) is 12.1 Å². The molecule has 1 aromatic carbocycles. The van der Waals surface area contributed by atoms with Gasteiger partial charge in [-0.1, -0.05) is 11.6 Å².